The SMILES string of the molecule is CCC(C)(C)C(=O)Oc1ccc(CO)cc1.CCC(C)(C)C(=O)Oc1ccc(O)cc1.CCC(C)C(=O)OCC1(CC)COC1.CCC1COCC1(CC)C(=O)OC. The van der Waals surface area contributed by atoms with Gasteiger partial charge in [0.1, 0.15) is 23.9 Å². The smallest absolute Gasteiger partial charge is 0.316 e. The van der Waals surface area contributed by atoms with Crippen LogP contribution in [0.5, 0.6) is 17.2 Å². The summed E-state index contributed by atoms with van der Waals surface area (Å²) < 4.78 is 31.1. The molecule has 58 heavy (non-hydrogen) atoms. The number of phenolic OH excluding ortho intramolecular Hbond substituents is 1. The number of hydrogen-bond donors (Lipinski definition) is 2. The normalized spacial score (nSPS) is 18.5. The number of phenols is 1. The Labute approximate surface area is 347 Å². The molecule has 328 valence electrons. The van der Waals surface area contributed by atoms with Crippen molar-refractivity contribution in [1.82, 2.24) is 0 Å². The van der Waals surface area contributed by atoms with Gasteiger partial charge in [-0.05, 0) is 108 Å². The first-order valence-corrected chi connectivity index (χ1v) is 20.6. The predicted octanol–water partition coefficient (Wildman–Crippen LogP) is 8.87. The summed E-state index contributed by atoms with van der Waals surface area (Å²) in [7, 11) is 1.45. The number of methoxy groups -OCH3 is 1. The summed E-state index contributed by atoms with van der Waals surface area (Å²) in [5.74, 6) is 0.802. The fourth-order valence-corrected chi connectivity index (χ4v) is 5.40. The fraction of sp³-hybridized carbons (Fsp3) is 0.652. The molecule has 2 fully saturated rings. The molecule has 0 amide bonds. The molecule has 0 aromatic heterocycles. The minimum absolute atomic E-state index is 0.00528. The molecule has 2 aromatic rings. The fourth-order valence-electron chi connectivity index (χ4n) is 5.40. The summed E-state index contributed by atoms with van der Waals surface area (Å²) in [5.41, 5.74) is -0.394. The third-order valence-electron chi connectivity index (χ3n) is 11.5. The second kappa shape index (κ2) is 24.8. The molecular formula is C46H72O12. The first kappa shape index (κ1) is 52.0. The van der Waals surface area contributed by atoms with E-state index in [2.05, 4.69) is 13.8 Å². The van der Waals surface area contributed by atoms with Crippen LogP contribution in [0.4, 0.5) is 0 Å². The average molecular weight is 817 g/mol. The number of aromatic hydroxyl groups is 1. The molecule has 0 saturated carbocycles. The number of esters is 4. The van der Waals surface area contributed by atoms with Gasteiger partial charge in [-0.25, -0.2) is 0 Å². The van der Waals surface area contributed by atoms with Gasteiger partial charge in [0.25, 0.3) is 0 Å². The van der Waals surface area contributed by atoms with Crippen LogP contribution in [0.2, 0.25) is 0 Å². The lowest BCUT2D eigenvalue weighted by Gasteiger charge is -2.40. The van der Waals surface area contributed by atoms with Gasteiger partial charge in [0.15, 0.2) is 0 Å². The highest BCUT2D eigenvalue weighted by Gasteiger charge is 2.48. The highest BCUT2D eigenvalue weighted by molar-refractivity contribution is 5.79. The van der Waals surface area contributed by atoms with E-state index in [0.29, 0.717) is 37.2 Å². The summed E-state index contributed by atoms with van der Waals surface area (Å²) in [6.45, 7) is 24.6. The third kappa shape index (κ3) is 15.6. The average Bonchev–Trinajstić information content (AvgIpc) is 3.66. The summed E-state index contributed by atoms with van der Waals surface area (Å²) in [6, 6.07) is 13.0. The Bertz CT molecular complexity index is 1520. The minimum Gasteiger partial charge on any atom is -0.508 e. The number of aliphatic hydroxyl groups is 1. The molecule has 2 aromatic carbocycles. The van der Waals surface area contributed by atoms with Gasteiger partial charge in [-0.15, -0.1) is 0 Å². The molecule has 2 N–H and O–H groups in total. The first-order valence-electron chi connectivity index (χ1n) is 20.6. The molecule has 3 atom stereocenters. The van der Waals surface area contributed by atoms with E-state index in [9.17, 15) is 19.2 Å². The predicted molar refractivity (Wildman–Crippen MR) is 223 cm³/mol. The molecule has 12 nitrogen and oxygen atoms in total. The summed E-state index contributed by atoms with van der Waals surface area (Å²) >= 11 is 0. The van der Waals surface area contributed by atoms with E-state index in [-0.39, 0.29) is 53.0 Å². The van der Waals surface area contributed by atoms with Crippen molar-refractivity contribution in [3.05, 3.63) is 54.1 Å². The molecule has 4 rings (SSSR count). The van der Waals surface area contributed by atoms with Crippen molar-refractivity contribution in [2.45, 2.75) is 121 Å². The zero-order valence-electron chi connectivity index (χ0n) is 37.2. The highest BCUT2D eigenvalue weighted by atomic mass is 16.6. The number of ether oxygens (including phenoxy) is 6. The van der Waals surface area contributed by atoms with Gasteiger partial charge in [-0.2, -0.15) is 0 Å². The molecule has 12 heteroatoms. The summed E-state index contributed by atoms with van der Waals surface area (Å²) in [6.07, 6.45) is 5.10. The topological polar surface area (TPSA) is 164 Å². The second-order valence-electron chi connectivity index (χ2n) is 16.4. The number of benzene rings is 2. The van der Waals surface area contributed by atoms with Gasteiger partial charge in [0.05, 0.1) is 67.7 Å². The Hall–Kier alpha value is -4.00. The number of aliphatic hydroxyl groups excluding tert-OH is 1. The first-order chi connectivity index (χ1) is 27.3. The van der Waals surface area contributed by atoms with Crippen LogP contribution in [0.15, 0.2) is 48.5 Å². The maximum atomic E-state index is 11.7. The Balaban J connectivity index is 0.000000388. The minimum atomic E-state index is -0.474. The van der Waals surface area contributed by atoms with Gasteiger partial charge in [0, 0.05) is 5.92 Å². The van der Waals surface area contributed by atoms with Crippen molar-refractivity contribution in [2.24, 2.45) is 33.5 Å². The number of carbonyl (C=O) groups is 4. The van der Waals surface area contributed by atoms with Crippen LogP contribution in [-0.2, 0) is 44.7 Å². The van der Waals surface area contributed by atoms with Gasteiger partial charge < -0.3 is 38.6 Å². The molecule has 2 heterocycles. The number of hydrogen-bond acceptors (Lipinski definition) is 12. The lowest BCUT2D eigenvalue weighted by Crippen LogP contribution is -2.46. The zero-order chi connectivity index (χ0) is 44.2. The van der Waals surface area contributed by atoms with Crippen molar-refractivity contribution in [3.8, 4) is 17.2 Å². The van der Waals surface area contributed by atoms with Gasteiger partial charge >= 0.3 is 23.9 Å². The summed E-state index contributed by atoms with van der Waals surface area (Å²) in [5, 5.41) is 17.9. The van der Waals surface area contributed by atoms with E-state index >= 15 is 0 Å². The van der Waals surface area contributed by atoms with E-state index in [1.807, 2.05) is 62.3 Å². The zero-order valence-corrected chi connectivity index (χ0v) is 37.2. The van der Waals surface area contributed by atoms with Crippen LogP contribution in [0.1, 0.15) is 120 Å². The second-order valence-corrected chi connectivity index (χ2v) is 16.4. The lowest BCUT2D eigenvalue weighted by molar-refractivity contribution is -0.173. The van der Waals surface area contributed by atoms with Crippen molar-refractivity contribution >= 4 is 23.9 Å². The molecule has 3 unspecified atom stereocenters. The standard InChI is InChI=1S/C13H18O3.C12H16O3.C11H20O3.C10H18O3/c1-4-13(2,3)12(15)16-11-7-5-10(9-14)6-8-11;1-4-12(2,3)11(14)15-10-7-5-9(13)6-8-10;1-4-9(3)10(12)14-8-11(5-2)6-13-7-11;1-4-8-6-13-7-10(8,5-2)9(11)12-3/h5-8,14H,4,9H2,1-3H3;5-8,13H,4H2,1-3H3;9H,4-8H2,1-3H3;8H,4-7H2,1-3H3. The largest absolute Gasteiger partial charge is 0.508 e. The van der Waals surface area contributed by atoms with Gasteiger partial charge in [0.2, 0.25) is 0 Å². The van der Waals surface area contributed by atoms with Gasteiger partial charge in [-0.3, -0.25) is 19.2 Å². The number of rotatable bonds is 15. The Morgan fingerprint density at radius 1 is 0.776 bits per heavy atom. The van der Waals surface area contributed by atoms with E-state index in [4.69, 9.17) is 38.6 Å². The van der Waals surface area contributed by atoms with Crippen LogP contribution >= 0.6 is 0 Å². The van der Waals surface area contributed by atoms with E-state index in [1.54, 1.807) is 36.4 Å². The van der Waals surface area contributed by atoms with Gasteiger partial charge in [-0.1, -0.05) is 60.6 Å². The molecule has 2 aliphatic heterocycles. The molecule has 0 radical (unpaired) electrons. The van der Waals surface area contributed by atoms with Crippen LogP contribution in [0, 0.1) is 33.5 Å². The van der Waals surface area contributed by atoms with Crippen LogP contribution < -0.4 is 9.47 Å². The maximum absolute atomic E-state index is 11.7. The molecule has 0 bridgehead atoms. The van der Waals surface area contributed by atoms with Crippen molar-refractivity contribution in [3.63, 3.8) is 0 Å². The van der Waals surface area contributed by atoms with Crippen molar-refractivity contribution < 1.29 is 57.8 Å². The van der Waals surface area contributed by atoms with Crippen LogP contribution in [0.25, 0.3) is 0 Å². The van der Waals surface area contributed by atoms with Crippen LogP contribution in [0.3, 0.4) is 0 Å². The van der Waals surface area contributed by atoms with Crippen LogP contribution in [-0.4, -0.2) is 74.2 Å². The molecular weight excluding hydrogens is 744 g/mol. The highest BCUT2D eigenvalue weighted by Crippen LogP contribution is 2.40. The maximum Gasteiger partial charge on any atom is 0.316 e. The van der Waals surface area contributed by atoms with E-state index in [0.717, 1.165) is 57.3 Å². The molecule has 0 aliphatic carbocycles. The van der Waals surface area contributed by atoms with E-state index < -0.39 is 10.8 Å². The van der Waals surface area contributed by atoms with Crippen molar-refractivity contribution in [1.29, 1.82) is 0 Å². The monoisotopic (exact) mass is 817 g/mol. The Kier molecular flexibility index (Phi) is 22.3. The Morgan fingerprint density at radius 3 is 1.64 bits per heavy atom. The van der Waals surface area contributed by atoms with E-state index in [1.165, 1.54) is 19.2 Å². The molecule has 0 spiro atoms. The Morgan fingerprint density at radius 2 is 1.28 bits per heavy atom. The lowest BCUT2D eigenvalue weighted by atomic mass is 9.74. The molecule has 2 saturated heterocycles. The molecule has 2 aliphatic rings. The third-order valence-corrected chi connectivity index (χ3v) is 11.5. The number of carbonyl (C=O) groups excluding carboxylic acids is 4. The van der Waals surface area contributed by atoms with Crippen molar-refractivity contribution in [2.75, 3.05) is 40.1 Å². The summed E-state index contributed by atoms with van der Waals surface area (Å²) in [4.78, 5) is 46.5. The quantitative estimate of drug-likeness (QED) is 0.130.